The normalized spacial score (nSPS) is 11.9. The number of hydrogen-bond acceptors (Lipinski definition) is 2. The van der Waals surface area contributed by atoms with Crippen LogP contribution in [0.4, 0.5) is 0 Å². The molecule has 19 heavy (non-hydrogen) atoms. The smallest absolute Gasteiger partial charge is 0.220 e. The van der Waals surface area contributed by atoms with Crippen molar-refractivity contribution in [3.05, 3.63) is 35.4 Å². The quantitative estimate of drug-likeness (QED) is 0.850. The summed E-state index contributed by atoms with van der Waals surface area (Å²) < 4.78 is 0. The Bertz CT molecular complexity index is 443. The molecule has 1 N–H and O–H groups in total. The van der Waals surface area contributed by atoms with Crippen molar-refractivity contribution in [2.24, 2.45) is 0 Å². The molecule has 1 unspecified atom stereocenters. The molecular weight excluding hydrogens is 236 g/mol. The lowest BCUT2D eigenvalue weighted by atomic mass is 9.93. The molecular formula is C16H22N2O. The van der Waals surface area contributed by atoms with Crippen LogP contribution in [0, 0.1) is 11.3 Å². The summed E-state index contributed by atoms with van der Waals surface area (Å²) in [6.07, 6.45) is 0.974. The average molecular weight is 258 g/mol. The summed E-state index contributed by atoms with van der Waals surface area (Å²) in [5.74, 6) is 0.301. The lowest BCUT2D eigenvalue weighted by Crippen LogP contribution is -2.22. The fourth-order valence-corrected chi connectivity index (χ4v) is 1.98. The molecule has 1 rings (SSSR count). The standard InChI is InChI=1S/C16H22N2O/c1-4-18-16(19)10-9-15(11-17)14-7-5-13(6-8-14)12(2)3/h5-8,12,15H,4,9-10H2,1-3H3,(H,18,19). The summed E-state index contributed by atoms with van der Waals surface area (Å²) >= 11 is 0. The minimum absolute atomic E-state index is 0.0153. The second kappa shape index (κ2) is 7.58. The van der Waals surface area contributed by atoms with Gasteiger partial charge >= 0.3 is 0 Å². The number of hydrogen-bond donors (Lipinski definition) is 1. The Morgan fingerprint density at radius 3 is 2.32 bits per heavy atom. The number of nitrogens with zero attached hydrogens (tertiary/aromatic N) is 1. The number of amides is 1. The minimum atomic E-state index is -0.205. The average Bonchev–Trinajstić information content (AvgIpc) is 2.40. The number of carbonyl (C=O) groups is 1. The molecule has 3 heteroatoms. The van der Waals surface area contributed by atoms with Crippen LogP contribution in [0.25, 0.3) is 0 Å². The number of rotatable bonds is 6. The van der Waals surface area contributed by atoms with E-state index in [0.717, 1.165) is 5.56 Å². The maximum atomic E-state index is 11.4. The van der Waals surface area contributed by atoms with Crippen molar-refractivity contribution in [3.8, 4) is 6.07 Å². The Kier molecular flexibility index (Phi) is 6.08. The van der Waals surface area contributed by atoms with Gasteiger partial charge in [0.25, 0.3) is 0 Å². The van der Waals surface area contributed by atoms with E-state index in [1.165, 1.54) is 5.56 Å². The zero-order valence-corrected chi connectivity index (χ0v) is 11.9. The Morgan fingerprint density at radius 1 is 1.26 bits per heavy atom. The number of nitriles is 1. The van der Waals surface area contributed by atoms with Crippen LogP contribution in [0.1, 0.15) is 56.6 Å². The topological polar surface area (TPSA) is 52.9 Å². The molecule has 102 valence electrons. The van der Waals surface area contributed by atoms with Gasteiger partial charge in [-0.2, -0.15) is 5.26 Å². The SMILES string of the molecule is CCNC(=O)CCC(C#N)c1ccc(C(C)C)cc1. The molecule has 0 fully saturated rings. The second-order valence-corrected chi connectivity index (χ2v) is 5.00. The van der Waals surface area contributed by atoms with Crippen molar-refractivity contribution >= 4 is 5.91 Å². The van der Waals surface area contributed by atoms with Crippen molar-refractivity contribution in [3.63, 3.8) is 0 Å². The Labute approximate surface area is 115 Å². The Balaban J connectivity index is 2.65. The van der Waals surface area contributed by atoms with E-state index in [4.69, 9.17) is 0 Å². The monoisotopic (exact) mass is 258 g/mol. The lowest BCUT2D eigenvalue weighted by molar-refractivity contribution is -0.121. The molecule has 0 radical (unpaired) electrons. The molecule has 0 aliphatic carbocycles. The molecule has 0 heterocycles. The fourth-order valence-electron chi connectivity index (χ4n) is 1.98. The van der Waals surface area contributed by atoms with Crippen LogP contribution >= 0.6 is 0 Å². The van der Waals surface area contributed by atoms with Crippen molar-refractivity contribution < 1.29 is 4.79 Å². The van der Waals surface area contributed by atoms with E-state index in [2.05, 4.69) is 37.4 Å². The maximum Gasteiger partial charge on any atom is 0.220 e. The zero-order valence-electron chi connectivity index (χ0n) is 11.9. The highest BCUT2D eigenvalue weighted by Crippen LogP contribution is 2.23. The van der Waals surface area contributed by atoms with E-state index < -0.39 is 0 Å². The summed E-state index contributed by atoms with van der Waals surface area (Å²) in [6, 6.07) is 10.4. The van der Waals surface area contributed by atoms with Gasteiger partial charge in [-0.15, -0.1) is 0 Å². The first-order valence-corrected chi connectivity index (χ1v) is 6.84. The Morgan fingerprint density at radius 2 is 1.84 bits per heavy atom. The number of carbonyl (C=O) groups excluding carboxylic acids is 1. The first kappa shape index (κ1) is 15.2. The molecule has 0 saturated heterocycles. The molecule has 1 amide bonds. The largest absolute Gasteiger partial charge is 0.356 e. The number of benzene rings is 1. The van der Waals surface area contributed by atoms with E-state index in [-0.39, 0.29) is 11.8 Å². The first-order chi connectivity index (χ1) is 9.08. The van der Waals surface area contributed by atoms with Crippen molar-refractivity contribution in [2.45, 2.75) is 45.4 Å². The molecule has 3 nitrogen and oxygen atoms in total. The van der Waals surface area contributed by atoms with Crippen LogP contribution < -0.4 is 5.32 Å². The van der Waals surface area contributed by atoms with Gasteiger partial charge in [0.1, 0.15) is 0 Å². The summed E-state index contributed by atoms with van der Waals surface area (Å²) in [4.78, 5) is 11.4. The molecule has 0 saturated carbocycles. The van der Waals surface area contributed by atoms with Crippen molar-refractivity contribution in [1.82, 2.24) is 5.32 Å². The highest BCUT2D eigenvalue weighted by Gasteiger charge is 2.13. The lowest BCUT2D eigenvalue weighted by Gasteiger charge is -2.11. The zero-order chi connectivity index (χ0) is 14.3. The summed E-state index contributed by atoms with van der Waals surface area (Å²) in [5.41, 5.74) is 2.26. The van der Waals surface area contributed by atoms with Gasteiger partial charge in [-0.3, -0.25) is 4.79 Å². The van der Waals surface area contributed by atoms with Crippen LogP contribution in [0.2, 0.25) is 0 Å². The Hall–Kier alpha value is -1.82. The van der Waals surface area contributed by atoms with Gasteiger partial charge in [-0.1, -0.05) is 38.1 Å². The van der Waals surface area contributed by atoms with E-state index in [9.17, 15) is 10.1 Å². The molecule has 0 bridgehead atoms. The van der Waals surface area contributed by atoms with Crippen LogP contribution in [0.5, 0.6) is 0 Å². The molecule has 1 atom stereocenters. The third-order valence-electron chi connectivity index (χ3n) is 3.20. The third kappa shape index (κ3) is 4.75. The highest BCUT2D eigenvalue weighted by atomic mass is 16.1. The molecule has 1 aromatic carbocycles. The van der Waals surface area contributed by atoms with E-state index in [1.807, 2.05) is 19.1 Å². The van der Waals surface area contributed by atoms with Gasteiger partial charge in [0.2, 0.25) is 5.91 Å². The third-order valence-corrected chi connectivity index (χ3v) is 3.20. The highest BCUT2D eigenvalue weighted by molar-refractivity contribution is 5.75. The van der Waals surface area contributed by atoms with E-state index in [0.29, 0.717) is 25.3 Å². The van der Waals surface area contributed by atoms with Crippen LogP contribution in [-0.2, 0) is 4.79 Å². The van der Waals surface area contributed by atoms with Gasteiger partial charge in [0.15, 0.2) is 0 Å². The van der Waals surface area contributed by atoms with Crippen molar-refractivity contribution in [2.75, 3.05) is 6.54 Å². The summed E-state index contributed by atoms with van der Waals surface area (Å²) in [5, 5.41) is 12.0. The van der Waals surface area contributed by atoms with Crippen LogP contribution in [-0.4, -0.2) is 12.5 Å². The molecule has 0 aliphatic heterocycles. The molecule has 0 aromatic heterocycles. The van der Waals surface area contributed by atoms with Gasteiger partial charge in [0.05, 0.1) is 12.0 Å². The predicted octanol–water partition coefficient (Wildman–Crippen LogP) is 3.33. The number of nitrogens with one attached hydrogen (secondary N) is 1. The first-order valence-electron chi connectivity index (χ1n) is 6.84. The molecule has 1 aromatic rings. The van der Waals surface area contributed by atoms with Gasteiger partial charge in [-0.05, 0) is 30.4 Å². The fraction of sp³-hybridized carbons (Fsp3) is 0.500. The maximum absolute atomic E-state index is 11.4. The summed E-state index contributed by atoms with van der Waals surface area (Å²) in [7, 11) is 0. The minimum Gasteiger partial charge on any atom is -0.356 e. The van der Waals surface area contributed by atoms with Gasteiger partial charge < -0.3 is 5.32 Å². The van der Waals surface area contributed by atoms with E-state index in [1.54, 1.807) is 0 Å². The van der Waals surface area contributed by atoms with Crippen LogP contribution in [0.3, 0.4) is 0 Å². The van der Waals surface area contributed by atoms with Gasteiger partial charge in [-0.25, -0.2) is 0 Å². The second-order valence-electron chi connectivity index (χ2n) is 5.00. The van der Waals surface area contributed by atoms with E-state index >= 15 is 0 Å². The molecule has 0 spiro atoms. The molecule has 0 aliphatic rings. The van der Waals surface area contributed by atoms with Gasteiger partial charge in [0, 0.05) is 13.0 Å². The predicted molar refractivity (Wildman–Crippen MR) is 76.8 cm³/mol. The van der Waals surface area contributed by atoms with Crippen molar-refractivity contribution in [1.29, 1.82) is 5.26 Å². The summed E-state index contributed by atoms with van der Waals surface area (Å²) in [6.45, 7) is 6.82. The van der Waals surface area contributed by atoms with Crippen LogP contribution in [0.15, 0.2) is 24.3 Å².